The van der Waals surface area contributed by atoms with Crippen LogP contribution in [0.15, 0.2) is 48.5 Å². The lowest BCUT2D eigenvalue weighted by molar-refractivity contribution is 0.273. The van der Waals surface area contributed by atoms with E-state index in [1.54, 1.807) is 0 Å². The van der Waals surface area contributed by atoms with Gasteiger partial charge in [-0.15, -0.1) is 0 Å². The molecule has 0 aliphatic carbocycles. The van der Waals surface area contributed by atoms with Crippen LogP contribution in [-0.4, -0.2) is 13.7 Å². The average Bonchev–Trinajstić information content (AvgIpc) is 2.50. The van der Waals surface area contributed by atoms with E-state index in [0.29, 0.717) is 17.5 Å². The van der Waals surface area contributed by atoms with Crippen LogP contribution in [0.2, 0.25) is 5.02 Å². The first kappa shape index (κ1) is 15.9. The third-order valence-corrected chi connectivity index (χ3v) is 3.91. The largest absolute Gasteiger partial charge is 0.490 e. The van der Waals surface area contributed by atoms with E-state index >= 15 is 0 Å². The van der Waals surface area contributed by atoms with Gasteiger partial charge in [0.2, 0.25) is 0 Å². The van der Waals surface area contributed by atoms with Crippen LogP contribution in [0.5, 0.6) is 5.75 Å². The van der Waals surface area contributed by atoms with Crippen LogP contribution in [0.25, 0.3) is 0 Å². The van der Waals surface area contributed by atoms with E-state index in [2.05, 4.69) is 43.4 Å². The number of rotatable bonds is 6. The van der Waals surface area contributed by atoms with Gasteiger partial charge in [0.1, 0.15) is 12.4 Å². The summed E-state index contributed by atoms with van der Waals surface area (Å²) >= 11 is 6.11. The molecule has 0 saturated carbocycles. The number of nitrogens with one attached hydrogen (secondary N) is 1. The van der Waals surface area contributed by atoms with Gasteiger partial charge < -0.3 is 10.1 Å². The highest BCUT2D eigenvalue weighted by Crippen LogP contribution is 2.25. The fourth-order valence-corrected chi connectivity index (χ4v) is 2.38. The van der Waals surface area contributed by atoms with Crippen LogP contribution in [0.1, 0.15) is 36.9 Å². The molecule has 112 valence electrons. The summed E-state index contributed by atoms with van der Waals surface area (Å²) in [4.78, 5) is 0. The summed E-state index contributed by atoms with van der Waals surface area (Å²) in [6.07, 6.45) is 0. The molecule has 2 aromatic rings. The molecule has 1 N–H and O–H groups in total. The summed E-state index contributed by atoms with van der Waals surface area (Å²) < 4.78 is 5.83. The van der Waals surface area contributed by atoms with E-state index < -0.39 is 0 Å². The Kier molecular flexibility index (Phi) is 5.66. The fourth-order valence-electron chi connectivity index (χ4n) is 2.19. The standard InChI is InChI=1S/C18H22ClNO/c1-13(2)14-8-10-15(11-9-14)17(20-3)12-21-18-7-5-4-6-16(18)19/h4-11,13,17,20H,12H2,1-3H3. The molecular weight excluding hydrogens is 282 g/mol. The molecule has 1 atom stereocenters. The molecule has 0 saturated heterocycles. The summed E-state index contributed by atoms with van der Waals surface area (Å²) in [5.41, 5.74) is 2.56. The number of halogens is 1. The average molecular weight is 304 g/mol. The van der Waals surface area contributed by atoms with Crippen molar-refractivity contribution in [2.45, 2.75) is 25.8 Å². The van der Waals surface area contributed by atoms with Gasteiger partial charge in [0.15, 0.2) is 0 Å². The zero-order valence-corrected chi connectivity index (χ0v) is 13.5. The summed E-state index contributed by atoms with van der Waals surface area (Å²) in [6, 6.07) is 16.4. The molecule has 0 bridgehead atoms. The molecule has 2 rings (SSSR count). The molecule has 2 nitrogen and oxygen atoms in total. The van der Waals surface area contributed by atoms with E-state index in [0.717, 1.165) is 5.75 Å². The lowest BCUT2D eigenvalue weighted by Crippen LogP contribution is -2.23. The van der Waals surface area contributed by atoms with Gasteiger partial charge in [-0.1, -0.05) is 61.8 Å². The van der Waals surface area contributed by atoms with E-state index in [-0.39, 0.29) is 6.04 Å². The van der Waals surface area contributed by atoms with E-state index in [4.69, 9.17) is 16.3 Å². The van der Waals surface area contributed by atoms with Crippen molar-refractivity contribution in [3.63, 3.8) is 0 Å². The zero-order valence-electron chi connectivity index (χ0n) is 12.8. The van der Waals surface area contributed by atoms with Crippen LogP contribution in [0.4, 0.5) is 0 Å². The van der Waals surface area contributed by atoms with Gasteiger partial charge in [0.25, 0.3) is 0 Å². The molecule has 1 unspecified atom stereocenters. The molecule has 0 heterocycles. The van der Waals surface area contributed by atoms with Crippen molar-refractivity contribution >= 4 is 11.6 Å². The summed E-state index contributed by atoms with van der Waals surface area (Å²) in [7, 11) is 1.94. The normalized spacial score (nSPS) is 12.4. The Labute approximate surface area is 132 Å². The maximum atomic E-state index is 6.11. The molecule has 0 radical (unpaired) electrons. The van der Waals surface area contributed by atoms with Crippen molar-refractivity contribution in [2.75, 3.05) is 13.7 Å². The second-order valence-corrected chi connectivity index (χ2v) is 5.81. The van der Waals surface area contributed by atoms with Crippen molar-refractivity contribution in [3.05, 3.63) is 64.7 Å². The van der Waals surface area contributed by atoms with Crippen LogP contribution < -0.4 is 10.1 Å². The lowest BCUT2D eigenvalue weighted by Gasteiger charge is -2.18. The molecule has 0 aliphatic rings. The molecular formula is C18H22ClNO. The number of ether oxygens (including phenoxy) is 1. The Morgan fingerprint density at radius 1 is 1.00 bits per heavy atom. The number of para-hydroxylation sites is 1. The predicted molar refractivity (Wildman–Crippen MR) is 89.3 cm³/mol. The van der Waals surface area contributed by atoms with Gasteiger partial charge in [-0.3, -0.25) is 0 Å². The number of likely N-dealkylation sites (N-methyl/N-ethyl adjacent to an activating group) is 1. The van der Waals surface area contributed by atoms with Gasteiger partial charge in [-0.25, -0.2) is 0 Å². The highest BCUT2D eigenvalue weighted by atomic mass is 35.5. The minimum Gasteiger partial charge on any atom is -0.490 e. The van der Waals surface area contributed by atoms with Crippen LogP contribution in [-0.2, 0) is 0 Å². The molecule has 0 aromatic heterocycles. The van der Waals surface area contributed by atoms with Crippen molar-refractivity contribution in [1.29, 1.82) is 0 Å². The smallest absolute Gasteiger partial charge is 0.137 e. The third-order valence-electron chi connectivity index (χ3n) is 3.60. The van der Waals surface area contributed by atoms with Gasteiger partial charge in [-0.05, 0) is 36.2 Å². The van der Waals surface area contributed by atoms with Crippen LogP contribution in [0, 0.1) is 0 Å². The molecule has 3 heteroatoms. The van der Waals surface area contributed by atoms with Crippen LogP contribution >= 0.6 is 11.6 Å². The van der Waals surface area contributed by atoms with Gasteiger partial charge in [-0.2, -0.15) is 0 Å². The highest BCUT2D eigenvalue weighted by molar-refractivity contribution is 6.32. The third kappa shape index (κ3) is 4.23. The zero-order chi connectivity index (χ0) is 15.2. The summed E-state index contributed by atoms with van der Waals surface area (Å²) in [5.74, 6) is 1.27. The second kappa shape index (κ2) is 7.48. The number of hydrogen-bond donors (Lipinski definition) is 1. The maximum absolute atomic E-state index is 6.11. The quantitative estimate of drug-likeness (QED) is 0.827. The highest BCUT2D eigenvalue weighted by Gasteiger charge is 2.11. The molecule has 21 heavy (non-hydrogen) atoms. The summed E-state index contributed by atoms with van der Waals surface area (Å²) in [6.45, 7) is 4.94. The van der Waals surface area contributed by atoms with Gasteiger partial charge in [0.05, 0.1) is 11.1 Å². The molecule has 0 fully saturated rings. The Balaban J connectivity index is 2.04. The lowest BCUT2D eigenvalue weighted by atomic mass is 9.99. The van der Waals surface area contributed by atoms with Gasteiger partial charge >= 0.3 is 0 Å². The van der Waals surface area contributed by atoms with Crippen molar-refractivity contribution < 1.29 is 4.74 Å². The monoisotopic (exact) mass is 303 g/mol. The fraction of sp³-hybridized carbons (Fsp3) is 0.333. The first-order valence-corrected chi connectivity index (χ1v) is 7.64. The van der Waals surface area contributed by atoms with Crippen molar-refractivity contribution in [1.82, 2.24) is 5.32 Å². The van der Waals surface area contributed by atoms with Crippen molar-refractivity contribution in [3.8, 4) is 5.75 Å². The summed E-state index contributed by atoms with van der Waals surface area (Å²) in [5, 5.41) is 3.93. The molecule has 0 aliphatic heterocycles. The van der Waals surface area contributed by atoms with Crippen LogP contribution in [0.3, 0.4) is 0 Å². The first-order valence-electron chi connectivity index (χ1n) is 7.26. The SMILES string of the molecule is CNC(COc1ccccc1Cl)c1ccc(C(C)C)cc1. The Bertz CT molecular complexity index is 566. The second-order valence-electron chi connectivity index (χ2n) is 5.40. The topological polar surface area (TPSA) is 21.3 Å². The predicted octanol–water partition coefficient (Wildman–Crippen LogP) is 4.80. The number of benzene rings is 2. The Hall–Kier alpha value is -1.51. The van der Waals surface area contributed by atoms with Gasteiger partial charge in [0, 0.05) is 0 Å². The van der Waals surface area contributed by atoms with E-state index in [1.165, 1.54) is 11.1 Å². The minimum atomic E-state index is 0.141. The maximum Gasteiger partial charge on any atom is 0.137 e. The number of hydrogen-bond acceptors (Lipinski definition) is 2. The van der Waals surface area contributed by atoms with E-state index in [1.807, 2.05) is 31.3 Å². The Morgan fingerprint density at radius 2 is 1.62 bits per heavy atom. The molecule has 0 spiro atoms. The molecule has 0 amide bonds. The Morgan fingerprint density at radius 3 is 2.19 bits per heavy atom. The van der Waals surface area contributed by atoms with E-state index in [9.17, 15) is 0 Å². The first-order chi connectivity index (χ1) is 10.1. The minimum absolute atomic E-state index is 0.141. The molecule has 2 aromatic carbocycles. The van der Waals surface area contributed by atoms with Crippen molar-refractivity contribution in [2.24, 2.45) is 0 Å².